The third-order valence-corrected chi connectivity index (χ3v) is 7.90. The van der Waals surface area contributed by atoms with E-state index in [-0.39, 0.29) is 10.9 Å². The summed E-state index contributed by atoms with van der Waals surface area (Å²) in [5.74, 6) is -0.893. The lowest BCUT2D eigenvalue weighted by Gasteiger charge is -2.27. The van der Waals surface area contributed by atoms with Crippen molar-refractivity contribution in [2.45, 2.75) is 36.6 Å². The van der Waals surface area contributed by atoms with Gasteiger partial charge in [-0.05, 0) is 74.2 Å². The molecule has 1 saturated heterocycles. The molecular weight excluding hydrogens is 494 g/mol. The lowest BCUT2D eigenvalue weighted by atomic mass is 9.94. The number of thioether (sulfide) groups is 1. The average Bonchev–Trinajstić information content (AvgIpc) is 3.25. The highest BCUT2D eigenvalue weighted by molar-refractivity contribution is 7.99. The summed E-state index contributed by atoms with van der Waals surface area (Å²) in [6.45, 7) is 1.27. The van der Waals surface area contributed by atoms with Crippen LogP contribution in [0.2, 0.25) is 5.02 Å². The minimum atomic E-state index is -0.793. The second-order valence-electron chi connectivity index (χ2n) is 8.62. The van der Waals surface area contributed by atoms with E-state index in [2.05, 4.69) is 9.88 Å². The fourth-order valence-electron chi connectivity index (χ4n) is 4.80. The maximum atomic E-state index is 13.9. The molecule has 35 heavy (non-hydrogen) atoms. The number of ether oxygens (including phenoxy) is 1. The van der Waals surface area contributed by atoms with Crippen molar-refractivity contribution in [3.63, 3.8) is 0 Å². The number of rotatable bonds is 10. The van der Waals surface area contributed by atoms with Crippen molar-refractivity contribution in [3.8, 4) is 5.75 Å². The molecule has 5 nitrogen and oxygen atoms in total. The maximum Gasteiger partial charge on any atom is 0.308 e. The van der Waals surface area contributed by atoms with Crippen LogP contribution < -0.4 is 4.74 Å². The van der Waals surface area contributed by atoms with Gasteiger partial charge in [-0.15, -0.1) is 11.8 Å². The summed E-state index contributed by atoms with van der Waals surface area (Å²) < 4.78 is 32.7. The summed E-state index contributed by atoms with van der Waals surface area (Å²) in [4.78, 5) is 18.7. The first-order valence-corrected chi connectivity index (χ1v) is 12.9. The predicted octanol–water partition coefficient (Wildman–Crippen LogP) is 6.07. The highest BCUT2D eigenvalue weighted by Crippen LogP contribution is 2.33. The van der Waals surface area contributed by atoms with Crippen molar-refractivity contribution in [3.05, 3.63) is 64.8 Å². The fraction of sp³-hybridized carbons (Fsp3) is 0.385. The Morgan fingerprint density at radius 1 is 1.29 bits per heavy atom. The van der Waals surface area contributed by atoms with E-state index in [9.17, 15) is 18.7 Å². The predicted molar refractivity (Wildman–Crippen MR) is 134 cm³/mol. The normalized spacial score (nSPS) is 18.3. The van der Waals surface area contributed by atoms with E-state index in [1.165, 1.54) is 17.8 Å². The summed E-state index contributed by atoms with van der Waals surface area (Å²) in [5, 5.41) is 11.3. The molecule has 0 radical (unpaired) electrons. The Hall–Kier alpha value is -2.42. The van der Waals surface area contributed by atoms with Gasteiger partial charge in [-0.2, -0.15) is 0 Å². The van der Waals surface area contributed by atoms with Crippen molar-refractivity contribution < 1.29 is 23.4 Å². The largest absolute Gasteiger partial charge is 0.497 e. The van der Waals surface area contributed by atoms with E-state index in [0.717, 1.165) is 40.8 Å². The molecule has 0 aliphatic carbocycles. The molecule has 0 bridgehead atoms. The standard InChI is InChI=1S/C26H27ClF2N2O3S/c1-34-17-6-8-23-20(14-17)18(21(27)15-30-23)3-2-4-24-19(26(32)33)9-10-31(24)11-12-35-25-13-16(28)5-7-22(25)29/h5-8,13-15,19,24H,2-4,9-12H2,1H3,(H,32,33). The van der Waals surface area contributed by atoms with E-state index >= 15 is 0 Å². The van der Waals surface area contributed by atoms with Crippen LogP contribution >= 0.6 is 23.4 Å². The van der Waals surface area contributed by atoms with Crippen LogP contribution in [0.1, 0.15) is 24.8 Å². The van der Waals surface area contributed by atoms with Crippen LogP contribution in [-0.2, 0) is 11.2 Å². The Morgan fingerprint density at radius 2 is 2.11 bits per heavy atom. The number of carbonyl (C=O) groups is 1. The van der Waals surface area contributed by atoms with Gasteiger partial charge >= 0.3 is 5.97 Å². The number of fused-ring (bicyclic) bond motifs is 1. The summed E-state index contributed by atoms with van der Waals surface area (Å²) in [6.07, 6.45) is 4.36. The Balaban J connectivity index is 1.42. The first-order chi connectivity index (χ1) is 16.9. The monoisotopic (exact) mass is 520 g/mol. The number of aromatic nitrogens is 1. The van der Waals surface area contributed by atoms with Crippen molar-refractivity contribution in [1.29, 1.82) is 0 Å². The topological polar surface area (TPSA) is 62.7 Å². The minimum absolute atomic E-state index is 0.119. The van der Waals surface area contributed by atoms with Crippen LogP contribution in [0.15, 0.2) is 47.5 Å². The third kappa shape index (κ3) is 6.05. The van der Waals surface area contributed by atoms with E-state index in [1.807, 2.05) is 18.2 Å². The zero-order chi connectivity index (χ0) is 24.9. The Kier molecular flexibility index (Phi) is 8.46. The van der Waals surface area contributed by atoms with Crippen molar-refractivity contribution in [2.24, 2.45) is 5.92 Å². The molecule has 3 aromatic rings. The molecule has 1 aromatic heterocycles. The number of hydrogen-bond donors (Lipinski definition) is 1. The zero-order valence-corrected chi connectivity index (χ0v) is 20.9. The third-order valence-electron chi connectivity index (χ3n) is 6.57. The molecular formula is C26H27ClF2N2O3S. The van der Waals surface area contributed by atoms with Crippen LogP contribution in [0.3, 0.4) is 0 Å². The van der Waals surface area contributed by atoms with Crippen LogP contribution in [0.4, 0.5) is 8.78 Å². The number of methoxy groups -OCH3 is 1. The second kappa shape index (κ2) is 11.5. The number of benzene rings is 2. The van der Waals surface area contributed by atoms with Crippen LogP contribution in [0.25, 0.3) is 10.9 Å². The number of halogens is 3. The van der Waals surface area contributed by atoms with Crippen molar-refractivity contribution in [2.75, 3.05) is 26.0 Å². The average molecular weight is 521 g/mol. The lowest BCUT2D eigenvalue weighted by molar-refractivity contribution is -0.142. The molecule has 2 heterocycles. The fourth-order valence-corrected chi connectivity index (χ4v) is 5.99. The number of carboxylic acids is 1. The molecule has 0 spiro atoms. The highest BCUT2D eigenvalue weighted by atomic mass is 35.5. The van der Waals surface area contributed by atoms with Gasteiger partial charge in [0.2, 0.25) is 0 Å². The van der Waals surface area contributed by atoms with Crippen molar-refractivity contribution >= 4 is 40.2 Å². The first-order valence-electron chi connectivity index (χ1n) is 11.5. The number of pyridine rings is 1. The molecule has 2 unspecified atom stereocenters. The van der Waals surface area contributed by atoms with Crippen LogP contribution in [0, 0.1) is 17.6 Å². The number of aryl methyl sites for hydroxylation is 1. The van der Waals surface area contributed by atoms with E-state index < -0.39 is 23.5 Å². The van der Waals surface area contributed by atoms with Gasteiger partial charge in [-0.3, -0.25) is 14.7 Å². The number of hydrogen-bond acceptors (Lipinski definition) is 5. The SMILES string of the molecule is COc1ccc2ncc(Cl)c(CCCC3C(C(=O)O)CCN3CCSc3cc(F)ccc3F)c2c1. The molecule has 186 valence electrons. The Bertz CT molecular complexity index is 1210. The van der Waals surface area contributed by atoms with Crippen LogP contribution in [0.5, 0.6) is 5.75 Å². The van der Waals surface area contributed by atoms with E-state index in [0.29, 0.717) is 43.1 Å². The van der Waals surface area contributed by atoms with Gasteiger partial charge in [0.25, 0.3) is 0 Å². The van der Waals surface area contributed by atoms with Crippen molar-refractivity contribution in [1.82, 2.24) is 9.88 Å². The maximum absolute atomic E-state index is 13.9. The van der Waals surface area contributed by atoms with Gasteiger partial charge in [-0.1, -0.05) is 11.6 Å². The van der Waals surface area contributed by atoms with E-state index in [4.69, 9.17) is 16.3 Å². The number of nitrogens with zero attached hydrogens (tertiary/aromatic N) is 2. The summed E-state index contributed by atoms with van der Waals surface area (Å²) in [5.41, 5.74) is 1.81. The van der Waals surface area contributed by atoms with Gasteiger partial charge < -0.3 is 9.84 Å². The number of likely N-dealkylation sites (tertiary alicyclic amines) is 1. The summed E-state index contributed by atoms with van der Waals surface area (Å²) in [7, 11) is 1.61. The molecule has 1 fully saturated rings. The number of carboxylic acid groups (broad SMARTS) is 1. The molecule has 2 atom stereocenters. The van der Waals surface area contributed by atoms with Gasteiger partial charge in [0.05, 0.1) is 23.6 Å². The minimum Gasteiger partial charge on any atom is -0.497 e. The summed E-state index contributed by atoms with van der Waals surface area (Å²) >= 11 is 7.73. The smallest absolute Gasteiger partial charge is 0.308 e. The quantitative estimate of drug-likeness (QED) is 0.328. The molecule has 9 heteroatoms. The Morgan fingerprint density at radius 3 is 2.89 bits per heavy atom. The van der Waals surface area contributed by atoms with Gasteiger partial charge in [0.1, 0.15) is 17.4 Å². The summed E-state index contributed by atoms with van der Waals surface area (Å²) in [6, 6.07) is 8.98. The van der Waals surface area contributed by atoms with Crippen LogP contribution in [-0.4, -0.2) is 53.0 Å². The van der Waals surface area contributed by atoms with E-state index in [1.54, 1.807) is 13.3 Å². The highest BCUT2D eigenvalue weighted by Gasteiger charge is 2.37. The van der Waals surface area contributed by atoms with Gasteiger partial charge in [0, 0.05) is 34.8 Å². The zero-order valence-electron chi connectivity index (χ0n) is 19.3. The Labute approximate surface area is 212 Å². The molecule has 1 N–H and O–H groups in total. The molecule has 2 aromatic carbocycles. The first kappa shape index (κ1) is 25.7. The molecule has 0 amide bonds. The lowest BCUT2D eigenvalue weighted by Crippen LogP contribution is -2.37. The second-order valence-corrected chi connectivity index (χ2v) is 10.2. The van der Waals surface area contributed by atoms with Gasteiger partial charge in [0.15, 0.2) is 0 Å². The molecule has 1 aliphatic heterocycles. The van der Waals surface area contributed by atoms with Gasteiger partial charge in [-0.25, -0.2) is 8.78 Å². The molecule has 0 saturated carbocycles. The molecule has 4 rings (SSSR count). The number of aliphatic carboxylic acids is 1. The molecule has 1 aliphatic rings.